The summed E-state index contributed by atoms with van der Waals surface area (Å²) in [6.45, 7) is 1.64. The second kappa shape index (κ2) is 10.5. The van der Waals surface area contributed by atoms with Crippen LogP contribution in [0.1, 0.15) is 17.7 Å². The standard InChI is InChI=1S/C23H27FN4O2/c1-28(16-23(29)25-15-17-5-11-21(30-2)12-6-17)13-3-4-20-14-22(27-26-20)18-7-9-19(24)10-8-18/h5-12,14H,3-4,13,15-16H2,1-2H3,(H,25,29)(H,26,27). The van der Waals surface area contributed by atoms with Crippen LogP contribution < -0.4 is 10.1 Å². The van der Waals surface area contributed by atoms with Crippen molar-refractivity contribution in [2.24, 2.45) is 0 Å². The van der Waals surface area contributed by atoms with E-state index in [2.05, 4.69) is 15.5 Å². The van der Waals surface area contributed by atoms with Gasteiger partial charge in [0.05, 0.1) is 19.3 Å². The number of hydrogen-bond acceptors (Lipinski definition) is 4. The lowest BCUT2D eigenvalue weighted by molar-refractivity contribution is -0.122. The van der Waals surface area contributed by atoms with Crippen molar-refractivity contribution in [3.63, 3.8) is 0 Å². The summed E-state index contributed by atoms with van der Waals surface area (Å²) >= 11 is 0. The van der Waals surface area contributed by atoms with Crippen molar-refractivity contribution in [2.45, 2.75) is 19.4 Å². The van der Waals surface area contributed by atoms with E-state index in [1.54, 1.807) is 19.2 Å². The first kappa shape index (κ1) is 21.5. The fourth-order valence-electron chi connectivity index (χ4n) is 3.12. The molecular formula is C23H27FN4O2. The third-order valence-electron chi connectivity index (χ3n) is 4.82. The molecule has 6 nitrogen and oxygen atoms in total. The smallest absolute Gasteiger partial charge is 0.234 e. The molecule has 0 spiro atoms. The third-order valence-corrected chi connectivity index (χ3v) is 4.82. The summed E-state index contributed by atoms with van der Waals surface area (Å²) in [4.78, 5) is 14.1. The highest BCUT2D eigenvalue weighted by Gasteiger charge is 2.08. The lowest BCUT2D eigenvalue weighted by Gasteiger charge is -2.16. The number of rotatable bonds is 10. The highest BCUT2D eigenvalue weighted by Crippen LogP contribution is 2.18. The minimum Gasteiger partial charge on any atom is -0.497 e. The Kier molecular flexibility index (Phi) is 7.57. The van der Waals surface area contributed by atoms with Crippen molar-refractivity contribution in [1.82, 2.24) is 20.4 Å². The Balaban J connectivity index is 1.36. The molecule has 0 aliphatic carbocycles. The second-order valence-electron chi connectivity index (χ2n) is 7.25. The molecule has 3 aromatic rings. The number of methoxy groups -OCH3 is 1. The lowest BCUT2D eigenvalue weighted by Crippen LogP contribution is -2.35. The summed E-state index contributed by atoms with van der Waals surface area (Å²) in [5.74, 6) is 0.533. The molecule has 1 heterocycles. The summed E-state index contributed by atoms with van der Waals surface area (Å²) in [5, 5.41) is 10.3. The maximum atomic E-state index is 13.0. The molecule has 2 aromatic carbocycles. The first-order valence-electron chi connectivity index (χ1n) is 9.92. The zero-order valence-corrected chi connectivity index (χ0v) is 17.3. The fraction of sp³-hybridized carbons (Fsp3) is 0.304. The maximum Gasteiger partial charge on any atom is 0.234 e. The molecule has 0 radical (unpaired) electrons. The molecule has 2 N–H and O–H groups in total. The predicted molar refractivity (Wildman–Crippen MR) is 115 cm³/mol. The number of aryl methyl sites for hydroxylation is 1. The van der Waals surface area contributed by atoms with Crippen LogP contribution in [0.4, 0.5) is 4.39 Å². The maximum absolute atomic E-state index is 13.0. The van der Waals surface area contributed by atoms with Crippen molar-refractivity contribution in [2.75, 3.05) is 27.2 Å². The number of ether oxygens (including phenoxy) is 1. The first-order chi connectivity index (χ1) is 14.5. The molecule has 0 saturated carbocycles. The number of carbonyl (C=O) groups is 1. The molecule has 158 valence electrons. The minimum atomic E-state index is -0.259. The summed E-state index contributed by atoms with van der Waals surface area (Å²) in [6.07, 6.45) is 1.72. The van der Waals surface area contributed by atoms with Crippen LogP contribution in [0.25, 0.3) is 11.3 Å². The highest BCUT2D eigenvalue weighted by molar-refractivity contribution is 5.77. The van der Waals surface area contributed by atoms with Crippen LogP contribution in [0.5, 0.6) is 5.75 Å². The highest BCUT2D eigenvalue weighted by atomic mass is 19.1. The van der Waals surface area contributed by atoms with Gasteiger partial charge in [0.2, 0.25) is 5.91 Å². The number of likely N-dealkylation sites (N-methyl/N-ethyl adjacent to an activating group) is 1. The average Bonchev–Trinajstić information content (AvgIpc) is 3.22. The first-order valence-corrected chi connectivity index (χ1v) is 9.92. The van der Waals surface area contributed by atoms with Gasteiger partial charge in [-0.1, -0.05) is 12.1 Å². The number of H-pyrrole nitrogens is 1. The van der Waals surface area contributed by atoms with Crippen molar-refractivity contribution >= 4 is 5.91 Å². The molecule has 1 amide bonds. The Morgan fingerprint density at radius 1 is 1.17 bits per heavy atom. The molecular weight excluding hydrogens is 383 g/mol. The van der Waals surface area contributed by atoms with E-state index in [-0.39, 0.29) is 11.7 Å². The van der Waals surface area contributed by atoms with Gasteiger partial charge in [0.25, 0.3) is 0 Å². The second-order valence-corrected chi connectivity index (χ2v) is 7.25. The number of amides is 1. The molecule has 0 aliphatic heterocycles. The summed E-state index contributed by atoms with van der Waals surface area (Å²) in [6, 6.07) is 15.9. The predicted octanol–water partition coefficient (Wildman–Crippen LogP) is 3.41. The van der Waals surface area contributed by atoms with E-state index in [9.17, 15) is 9.18 Å². The van der Waals surface area contributed by atoms with Crippen LogP contribution in [-0.2, 0) is 17.8 Å². The van der Waals surface area contributed by atoms with Crippen LogP contribution in [0.15, 0.2) is 54.6 Å². The zero-order chi connectivity index (χ0) is 21.3. The monoisotopic (exact) mass is 410 g/mol. The van der Waals surface area contributed by atoms with Gasteiger partial charge in [-0.15, -0.1) is 0 Å². The summed E-state index contributed by atoms with van der Waals surface area (Å²) in [5.41, 5.74) is 3.73. The molecule has 30 heavy (non-hydrogen) atoms. The molecule has 7 heteroatoms. The van der Waals surface area contributed by atoms with Crippen LogP contribution in [0.3, 0.4) is 0 Å². The number of nitrogens with zero attached hydrogens (tertiary/aromatic N) is 2. The van der Waals surface area contributed by atoms with Crippen LogP contribution in [-0.4, -0.2) is 48.3 Å². The minimum absolute atomic E-state index is 0.00606. The topological polar surface area (TPSA) is 70.2 Å². The van der Waals surface area contributed by atoms with Crippen molar-refractivity contribution < 1.29 is 13.9 Å². The number of hydrogen-bond donors (Lipinski definition) is 2. The van der Waals surface area contributed by atoms with Crippen LogP contribution in [0.2, 0.25) is 0 Å². The number of halogens is 1. The van der Waals surface area contributed by atoms with E-state index in [4.69, 9.17) is 4.74 Å². The Bertz CT molecular complexity index is 939. The van der Waals surface area contributed by atoms with Gasteiger partial charge in [0.15, 0.2) is 0 Å². The number of benzene rings is 2. The van der Waals surface area contributed by atoms with Gasteiger partial charge < -0.3 is 10.1 Å². The van der Waals surface area contributed by atoms with E-state index in [1.807, 2.05) is 42.3 Å². The van der Waals surface area contributed by atoms with Crippen molar-refractivity contribution in [3.8, 4) is 17.0 Å². The molecule has 0 bridgehead atoms. The van der Waals surface area contributed by atoms with Gasteiger partial charge in [0, 0.05) is 17.8 Å². The van der Waals surface area contributed by atoms with Gasteiger partial charge in [-0.2, -0.15) is 5.10 Å². The fourth-order valence-corrected chi connectivity index (χ4v) is 3.12. The third kappa shape index (κ3) is 6.42. The lowest BCUT2D eigenvalue weighted by atomic mass is 10.1. The largest absolute Gasteiger partial charge is 0.497 e. The van der Waals surface area contributed by atoms with Gasteiger partial charge in [-0.05, 0) is 74.5 Å². The molecule has 1 aromatic heterocycles. The van der Waals surface area contributed by atoms with E-state index >= 15 is 0 Å². The average molecular weight is 410 g/mol. The molecule has 0 aliphatic rings. The summed E-state index contributed by atoms with van der Waals surface area (Å²) in [7, 11) is 3.56. The quantitative estimate of drug-likeness (QED) is 0.537. The zero-order valence-electron chi connectivity index (χ0n) is 17.3. The van der Waals surface area contributed by atoms with Gasteiger partial charge >= 0.3 is 0 Å². The molecule has 0 atom stereocenters. The van der Waals surface area contributed by atoms with E-state index in [0.29, 0.717) is 13.1 Å². The molecule has 3 rings (SSSR count). The van der Waals surface area contributed by atoms with Crippen LogP contribution >= 0.6 is 0 Å². The van der Waals surface area contributed by atoms with Gasteiger partial charge in [0.1, 0.15) is 11.6 Å². The Labute approximate surface area is 176 Å². The van der Waals surface area contributed by atoms with Gasteiger partial charge in [-0.3, -0.25) is 14.8 Å². The van der Waals surface area contributed by atoms with Crippen molar-refractivity contribution in [3.05, 3.63) is 71.7 Å². The SMILES string of the molecule is COc1ccc(CNC(=O)CN(C)CCCc2cc(-c3ccc(F)cc3)n[nH]2)cc1. The van der Waals surface area contributed by atoms with E-state index < -0.39 is 0 Å². The Morgan fingerprint density at radius 2 is 1.90 bits per heavy atom. The number of nitrogens with one attached hydrogen (secondary N) is 2. The van der Waals surface area contributed by atoms with Crippen LogP contribution in [0, 0.1) is 5.82 Å². The Morgan fingerprint density at radius 3 is 2.60 bits per heavy atom. The summed E-state index contributed by atoms with van der Waals surface area (Å²) < 4.78 is 18.2. The molecule has 0 fully saturated rings. The van der Waals surface area contributed by atoms with Crippen molar-refractivity contribution in [1.29, 1.82) is 0 Å². The normalized spacial score (nSPS) is 10.9. The molecule has 0 unspecified atom stereocenters. The number of carbonyl (C=O) groups excluding carboxylic acids is 1. The number of aromatic amines is 1. The van der Waals surface area contributed by atoms with E-state index in [0.717, 1.165) is 47.7 Å². The van der Waals surface area contributed by atoms with E-state index in [1.165, 1.54) is 12.1 Å². The Hall–Kier alpha value is -3.19. The number of aromatic nitrogens is 2. The van der Waals surface area contributed by atoms with Gasteiger partial charge in [-0.25, -0.2) is 4.39 Å². The molecule has 0 saturated heterocycles.